The second-order valence-corrected chi connectivity index (χ2v) is 19.2. The average molecular weight is 843 g/mol. The Morgan fingerprint density at radius 2 is 1.50 bits per heavy atom. The summed E-state index contributed by atoms with van der Waals surface area (Å²) in [5, 5.41) is 9.11. The maximum Gasteiger partial charge on any atom is 0.245 e. The molecule has 0 unspecified atom stereocenters. The molecule has 5 amide bonds. The van der Waals surface area contributed by atoms with Crippen molar-refractivity contribution in [3.05, 3.63) is 35.9 Å². The molecule has 1 saturated heterocycles. The average Bonchev–Trinajstić information content (AvgIpc) is 3.67. The Morgan fingerprint density at radius 3 is 2.02 bits per heavy atom. The topological polar surface area (TPSA) is 150 Å². The molecule has 0 bridgehead atoms. The fourth-order valence-corrected chi connectivity index (χ4v) is 8.73. The normalized spacial score (nSPS) is 18.6. The van der Waals surface area contributed by atoms with Crippen LogP contribution in [0.3, 0.4) is 0 Å². The number of hydrogen-bond acceptors (Lipinski definition) is 8. The van der Waals surface area contributed by atoms with Gasteiger partial charge in [-0.2, -0.15) is 0 Å². The zero-order valence-corrected chi connectivity index (χ0v) is 39.8. The van der Waals surface area contributed by atoms with Crippen LogP contribution in [0, 0.1) is 29.1 Å². The number of hydrogen-bond donors (Lipinski definition) is 3. The molecule has 3 N–H and O–H groups in total. The lowest BCUT2D eigenvalue weighted by Gasteiger charge is -2.41. The molecule has 1 fully saturated rings. The summed E-state index contributed by atoms with van der Waals surface area (Å²) in [6.45, 7) is 21.2. The lowest BCUT2D eigenvalue weighted by atomic mass is 9.89. The summed E-state index contributed by atoms with van der Waals surface area (Å²) in [6, 6.07) is 6.82. The van der Waals surface area contributed by atoms with Crippen LogP contribution in [0.25, 0.3) is 0 Å². The van der Waals surface area contributed by atoms with Gasteiger partial charge in [0.15, 0.2) is 0 Å². The van der Waals surface area contributed by atoms with Crippen LogP contribution < -0.4 is 16.0 Å². The van der Waals surface area contributed by atoms with Gasteiger partial charge in [-0.1, -0.05) is 106 Å². The van der Waals surface area contributed by atoms with Gasteiger partial charge in [-0.15, -0.1) is 0 Å². The molecule has 2 rings (SSSR count). The highest BCUT2D eigenvalue weighted by atomic mass is 16.5. The molecule has 9 atom stereocenters. The van der Waals surface area contributed by atoms with Gasteiger partial charge in [-0.3, -0.25) is 28.9 Å². The van der Waals surface area contributed by atoms with Crippen molar-refractivity contribution in [2.24, 2.45) is 29.1 Å². The van der Waals surface area contributed by atoms with Crippen molar-refractivity contribution in [2.75, 3.05) is 48.5 Å². The standard InChI is InChI=1S/C47H82N6O7/c1-16-32(6)41(52(13)46(58)39(30(2)3)50-45(57)40(31(4)5)51(11)12)37(59-14)29-38(54)53-27-20-24-36(53)42(60-15)33(7)43(55)49-35(28-34-22-18-17-19-23-34)44(56)48-26-21-25-47(8,9)10/h17-19,22-23,30-33,35-37,39-42H,16,20-21,24-29H2,1-15H3,(H,48,56)(H,49,55)(H,50,57)/t32-,33+,35-,36-,37+,39-,40-,41-,42+/m0/s1. The van der Waals surface area contributed by atoms with E-state index in [4.69, 9.17) is 9.47 Å². The van der Waals surface area contributed by atoms with Crippen LogP contribution in [0.4, 0.5) is 0 Å². The van der Waals surface area contributed by atoms with E-state index in [-0.39, 0.29) is 65.2 Å². The van der Waals surface area contributed by atoms with E-state index in [1.165, 1.54) is 0 Å². The maximum atomic E-state index is 14.4. The fourth-order valence-electron chi connectivity index (χ4n) is 8.73. The van der Waals surface area contributed by atoms with Gasteiger partial charge >= 0.3 is 0 Å². The highest BCUT2D eigenvalue weighted by Gasteiger charge is 2.43. The van der Waals surface area contributed by atoms with Crippen LogP contribution in [0.1, 0.15) is 113 Å². The third-order valence-electron chi connectivity index (χ3n) is 12.3. The van der Waals surface area contributed by atoms with Gasteiger partial charge in [0, 0.05) is 40.8 Å². The van der Waals surface area contributed by atoms with E-state index in [1.807, 2.05) is 90.9 Å². The van der Waals surface area contributed by atoms with Gasteiger partial charge in [-0.05, 0) is 68.5 Å². The first-order chi connectivity index (χ1) is 28.1. The number of methoxy groups -OCH3 is 2. The van der Waals surface area contributed by atoms with Gasteiger partial charge in [0.25, 0.3) is 0 Å². The molecule has 1 aromatic rings. The van der Waals surface area contributed by atoms with E-state index in [0.29, 0.717) is 25.9 Å². The molecule has 0 saturated carbocycles. The summed E-state index contributed by atoms with van der Waals surface area (Å²) in [4.78, 5) is 75.1. The van der Waals surface area contributed by atoms with Crippen molar-refractivity contribution < 1.29 is 33.4 Å². The molecule has 1 aromatic carbocycles. The molecule has 0 aromatic heterocycles. The van der Waals surface area contributed by atoms with Crippen LogP contribution in [-0.2, 0) is 39.9 Å². The second-order valence-electron chi connectivity index (χ2n) is 19.2. The fraction of sp³-hybridized carbons (Fsp3) is 0.766. The number of nitrogens with one attached hydrogen (secondary N) is 3. The maximum absolute atomic E-state index is 14.4. The lowest BCUT2D eigenvalue weighted by molar-refractivity contribution is -0.148. The molecule has 1 aliphatic rings. The molecule has 0 radical (unpaired) electrons. The lowest BCUT2D eigenvalue weighted by Crippen LogP contribution is -2.59. The minimum Gasteiger partial charge on any atom is -0.379 e. The third-order valence-corrected chi connectivity index (χ3v) is 12.3. The number of benzene rings is 1. The highest BCUT2D eigenvalue weighted by molar-refractivity contribution is 5.90. The zero-order chi connectivity index (χ0) is 45.5. The molecular formula is C47H82N6O7. The Morgan fingerprint density at radius 1 is 0.867 bits per heavy atom. The quantitative estimate of drug-likeness (QED) is 0.119. The Bertz CT molecular complexity index is 1490. The summed E-state index contributed by atoms with van der Waals surface area (Å²) in [6.07, 6.45) is 2.98. The van der Waals surface area contributed by atoms with E-state index < -0.39 is 42.3 Å². The van der Waals surface area contributed by atoms with E-state index in [1.54, 1.807) is 38.0 Å². The van der Waals surface area contributed by atoms with Crippen molar-refractivity contribution in [1.82, 2.24) is 30.7 Å². The summed E-state index contributed by atoms with van der Waals surface area (Å²) < 4.78 is 12.1. The van der Waals surface area contributed by atoms with Crippen LogP contribution >= 0.6 is 0 Å². The molecule has 342 valence electrons. The minimum absolute atomic E-state index is 0.0138. The van der Waals surface area contributed by atoms with E-state index in [2.05, 4.69) is 36.7 Å². The summed E-state index contributed by atoms with van der Waals surface area (Å²) >= 11 is 0. The number of carbonyl (C=O) groups is 5. The molecule has 0 spiro atoms. The highest BCUT2D eigenvalue weighted by Crippen LogP contribution is 2.30. The summed E-state index contributed by atoms with van der Waals surface area (Å²) in [5.41, 5.74) is 1.08. The third kappa shape index (κ3) is 15.4. The number of likely N-dealkylation sites (tertiary alicyclic amines) is 1. The molecule has 13 heteroatoms. The molecule has 1 aliphatic heterocycles. The molecule has 1 heterocycles. The Hall–Kier alpha value is -3.55. The first-order valence-electron chi connectivity index (χ1n) is 22.3. The van der Waals surface area contributed by atoms with Gasteiger partial charge in [0.05, 0.1) is 42.7 Å². The van der Waals surface area contributed by atoms with E-state index in [9.17, 15) is 24.0 Å². The van der Waals surface area contributed by atoms with Crippen molar-refractivity contribution in [2.45, 2.75) is 157 Å². The monoisotopic (exact) mass is 843 g/mol. The zero-order valence-electron chi connectivity index (χ0n) is 39.8. The first-order valence-corrected chi connectivity index (χ1v) is 22.3. The number of likely N-dealkylation sites (N-methyl/N-ethyl adjacent to an activating group) is 2. The Balaban J connectivity index is 2.29. The Kier molecular flexibility index (Phi) is 21.7. The van der Waals surface area contributed by atoms with Crippen LogP contribution in [0.5, 0.6) is 0 Å². The van der Waals surface area contributed by atoms with Gasteiger partial charge < -0.3 is 35.2 Å². The predicted octanol–water partition coefficient (Wildman–Crippen LogP) is 5.30. The van der Waals surface area contributed by atoms with Gasteiger partial charge in [0.2, 0.25) is 29.5 Å². The Labute approximate surface area is 362 Å². The van der Waals surface area contributed by atoms with E-state index in [0.717, 1.165) is 31.2 Å². The second kappa shape index (κ2) is 24.8. The van der Waals surface area contributed by atoms with Crippen LogP contribution in [-0.4, -0.2) is 135 Å². The molecule has 60 heavy (non-hydrogen) atoms. The van der Waals surface area contributed by atoms with Crippen molar-refractivity contribution in [3.8, 4) is 0 Å². The van der Waals surface area contributed by atoms with Crippen molar-refractivity contribution in [1.29, 1.82) is 0 Å². The number of nitrogens with zero attached hydrogens (tertiary/aromatic N) is 3. The first kappa shape index (κ1) is 52.6. The smallest absolute Gasteiger partial charge is 0.245 e. The predicted molar refractivity (Wildman–Crippen MR) is 239 cm³/mol. The number of amides is 5. The van der Waals surface area contributed by atoms with Gasteiger partial charge in [-0.25, -0.2) is 0 Å². The summed E-state index contributed by atoms with van der Waals surface area (Å²) in [7, 11) is 8.58. The minimum atomic E-state index is -0.788. The van der Waals surface area contributed by atoms with Gasteiger partial charge in [0.1, 0.15) is 12.1 Å². The number of rotatable bonds is 24. The number of ether oxygens (including phenoxy) is 2. The summed E-state index contributed by atoms with van der Waals surface area (Å²) in [5.74, 6) is -2.00. The largest absolute Gasteiger partial charge is 0.379 e. The van der Waals surface area contributed by atoms with Crippen molar-refractivity contribution in [3.63, 3.8) is 0 Å². The molecular weight excluding hydrogens is 761 g/mol. The van der Waals surface area contributed by atoms with Crippen molar-refractivity contribution >= 4 is 29.5 Å². The number of carbonyl (C=O) groups excluding carboxylic acids is 5. The SMILES string of the molecule is CC[C@H](C)[C@@H]([C@@H](CC(=O)N1CCC[C@H]1[C@H](OC)[C@@H](C)C(=O)N[C@@H](Cc1ccccc1)C(=O)NCCCC(C)(C)C)OC)N(C)C(=O)[C@@H](NC(=O)[C@H](C(C)C)N(C)C)C(C)C. The molecule has 0 aliphatic carbocycles. The van der Waals surface area contributed by atoms with E-state index >= 15 is 0 Å². The van der Waals surface area contributed by atoms with Crippen LogP contribution in [0.15, 0.2) is 30.3 Å². The molecule has 13 nitrogen and oxygen atoms in total. The van der Waals surface area contributed by atoms with Crippen LogP contribution in [0.2, 0.25) is 0 Å².